The Labute approximate surface area is 150 Å². The second kappa shape index (κ2) is 9.16. The van der Waals surface area contributed by atoms with Crippen molar-refractivity contribution in [1.29, 1.82) is 0 Å². The molecule has 2 aromatic rings. The quantitative estimate of drug-likeness (QED) is 0.444. The van der Waals surface area contributed by atoms with Gasteiger partial charge in [-0.25, -0.2) is 5.43 Å². The molecule has 2 rings (SSSR count). The van der Waals surface area contributed by atoms with E-state index in [1.807, 2.05) is 6.92 Å². The van der Waals surface area contributed by atoms with Gasteiger partial charge in [0.1, 0.15) is 0 Å². The van der Waals surface area contributed by atoms with Gasteiger partial charge in [0.2, 0.25) is 5.75 Å². The van der Waals surface area contributed by atoms with Crippen LogP contribution in [0.1, 0.15) is 29.3 Å². The van der Waals surface area contributed by atoms with Crippen molar-refractivity contribution in [3.63, 3.8) is 0 Å². The van der Waals surface area contributed by atoms with Gasteiger partial charge in [-0.2, -0.15) is 5.10 Å². The summed E-state index contributed by atoms with van der Waals surface area (Å²) in [4.78, 5) is 22.7. The molecule has 8 heteroatoms. The summed E-state index contributed by atoms with van der Waals surface area (Å²) >= 11 is 0. The third-order valence-corrected chi connectivity index (χ3v) is 3.34. The lowest BCUT2D eigenvalue weighted by molar-refractivity contribution is -0.386. The highest BCUT2D eigenvalue weighted by Gasteiger charge is 2.21. The molecule has 0 saturated carbocycles. The zero-order chi connectivity index (χ0) is 18.9. The van der Waals surface area contributed by atoms with Gasteiger partial charge in [0.15, 0.2) is 5.75 Å². The van der Waals surface area contributed by atoms with Crippen LogP contribution in [0.2, 0.25) is 0 Å². The van der Waals surface area contributed by atoms with Crippen molar-refractivity contribution >= 4 is 17.8 Å². The molecule has 0 aromatic heterocycles. The van der Waals surface area contributed by atoms with Crippen molar-refractivity contribution in [2.24, 2.45) is 5.10 Å². The average molecular weight is 357 g/mol. The van der Waals surface area contributed by atoms with Crippen LogP contribution < -0.4 is 14.9 Å². The lowest BCUT2D eigenvalue weighted by atomic mass is 10.2. The number of nitrogens with zero attached hydrogens (tertiary/aromatic N) is 2. The van der Waals surface area contributed by atoms with E-state index in [1.165, 1.54) is 19.4 Å². The SMILES string of the molecule is CCCOc1c(OC)cc(/C=N/NC(=O)c2ccccc2)cc1[N+](=O)[O-]. The van der Waals surface area contributed by atoms with Crippen LogP contribution in [0.15, 0.2) is 47.6 Å². The summed E-state index contributed by atoms with van der Waals surface area (Å²) in [5.74, 6) is -0.0838. The van der Waals surface area contributed by atoms with Gasteiger partial charge in [-0.15, -0.1) is 0 Å². The van der Waals surface area contributed by atoms with E-state index >= 15 is 0 Å². The summed E-state index contributed by atoms with van der Waals surface area (Å²) in [6.45, 7) is 2.23. The summed E-state index contributed by atoms with van der Waals surface area (Å²) < 4.78 is 10.6. The number of nitro benzene ring substituents is 1. The van der Waals surface area contributed by atoms with E-state index in [9.17, 15) is 14.9 Å². The number of nitrogens with one attached hydrogen (secondary N) is 1. The fourth-order valence-electron chi connectivity index (χ4n) is 2.14. The van der Waals surface area contributed by atoms with Gasteiger partial charge in [0.05, 0.1) is 24.9 Å². The molecule has 136 valence electrons. The maximum Gasteiger partial charge on any atom is 0.315 e. The van der Waals surface area contributed by atoms with Crippen LogP contribution in [-0.4, -0.2) is 30.8 Å². The molecule has 1 N–H and O–H groups in total. The Morgan fingerprint density at radius 3 is 2.65 bits per heavy atom. The topological polar surface area (TPSA) is 103 Å². The molecular formula is C18H19N3O5. The Bertz CT molecular complexity index is 806. The molecule has 0 aliphatic carbocycles. The van der Waals surface area contributed by atoms with Gasteiger partial charge in [0, 0.05) is 17.2 Å². The number of hydrazone groups is 1. The predicted octanol–water partition coefficient (Wildman–Crippen LogP) is 3.16. The van der Waals surface area contributed by atoms with Gasteiger partial charge in [-0.3, -0.25) is 14.9 Å². The van der Waals surface area contributed by atoms with Crippen LogP contribution in [0, 0.1) is 10.1 Å². The fourth-order valence-corrected chi connectivity index (χ4v) is 2.14. The minimum absolute atomic E-state index is 0.0739. The summed E-state index contributed by atoms with van der Waals surface area (Å²) in [5.41, 5.74) is 2.99. The summed E-state index contributed by atoms with van der Waals surface area (Å²) in [7, 11) is 1.40. The van der Waals surface area contributed by atoms with Crippen molar-refractivity contribution in [1.82, 2.24) is 5.43 Å². The summed E-state index contributed by atoms with van der Waals surface area (Å²) in [5, 5.41) is 15.2. The first-order valence-electron chi connectivity index (χ1n) is 7.94. The van der Waals surface area contributed by atoms with Crippen molar-refractivity contribution in [2.45, 2.75) is 13.3 Å². The van der Waals surface area contributed by atoms with Crippen LogP contribution in [0.3, 0.4) is 0 Å². The number of carbonyl (C=O) groups is 1. The number of carbonyl (C=O) groups excluding carboxylic acids is 1. The molecule has 0 unspecified atom stereocenters. The number of ether oxygens (including phenoxy) is 2. The van der Waals surface area contributed by atoms with E-state index in [4.69, 9.17) is 9.47 Å². The van der Waals surface area contributed by atoms with E-state index < -0.39 is 4.92 Å². The Morgan fingerprint density at radius 2 is 2.04 bits per heavy atom. The smallest absolute Gasteiger partial charge is 0.315 e. The molecule has 0 aliphatic heterocycles. The monoisotopic (exact) mass is 357 g/mol. The molecule has 0 aliphatic rings. The molecule has 8 nitrogen and oxygen atoms in total. The highest BCUT2D eigenvalue weighted by atomic mass is 16.6. The van der Waals surface area contributed by atoms with Gasteiger partial charge in [-0.1, -0.05) is 25.1 Å². The van der Waals surface area contributed by atoms with Gasteiger partial charge in [0.25, 0.3) is 5.91 Å². The first-order chi connectivity index (χ1) is 12.6. The normalized spacial score (nSPS) is 10.5. The Kier molecular flexibility index (Phi) is 6.67. The van der Waals surface area contributed by atoms with Crippen LogP contribution in [-0.2, 0) is 0 Å². The molecule has 0 fully saturated rings. The number of methoxy groups -OCH3 is 1. The van der Waals surface area contributed by atoms with E-state index in [0.717, 1.165) is 0 Å². The zero-order valence-corrected chi connectivity index (χ0v) is 14.5. The number of amides is 1. The average Bonchev–Trinajstić information content (AvgIpc) is 2.66. The lowest BCUT2D eigenvalue weighted by Gasteiger charge is -2.11. The molecule has 0 atom stereocenters. The molecule has 0 spiro atoms. The Balaban J connectivity index is 2.22. The van der Waals surface area contributed by atoms with Crippen molar-refractivity contribution in [3.8, 4) is 11.5 Å². The number of hydrogen-bond donors (Lipinski definition) is 1. The first kappa shape index (κ1) is 18.9. The van der Waals surface area contributed by atoms with Gasteiger partial charge in [-0.05, 0) is 24.6 Å². The number of rotatable bonds is 8. The van der Waals surface area contributed by atoms with E-state index in [0.29, 0.717) is 24.2 Å². The molecule has 0 saturated heterocycles. The van der Waals surface area contributed by atoms with E-state index in [2.05, 4.69) is 10.5 Å². The molecular weight excluding hydrogens is 338 g/mol. The second-order valence-corrected chi connectivity index (χ2v) is 5.24. The molecule has 2 aromatic carbocycles. The number of nitro groups is 1. The molecule has 0 bridgehead atoms. The maximum absolute atomic E-state index is 11.9. The standard InChI is InChI=1S/C18H19N3O5/c1-3-9-26-17-15(21(23)24)10-13(11-16(17)25-2)12-19-20-18(22)14-7-5-4-6-8-14/h4-8,10-12H,3,9H2,1-2H3,(H,20,22)/b19-12+. The minimum atomic E-state index is -0.548. The van der Waals surface area contributed by atoms with Crippen LogP contribution in [0.25, 0.3) is 0 Å². The van der Waals surface area contributed by atoms with Crippen LogP contribution in [0.4, 0.5) is 5.69 Å². The largest absolute Gasteiger partial charge is 0.493 e. The van der Waals surface area contributed by atoms with Crippen molar-refractivity contribution in [3.05, 3.63) is 63.7 Å². The van der Waals surface area contributed by atoms with E-state index in [-0.39, 0.29) is 23.1 Å². The number of hydrogen-bond acceptors (Lipinski definition) is 6. The fraction of sp³-hybridized carbons (Fsp3) is 0.222. The third kappa shape index (κ3) is 4.79. The van der Waals surface area contributed by atoms with Crippen molar-refractivity contribution < 1.29 is 19.2 Å². The Hall–Kier alpha value is -3.42. The third-order valence-electron chi connectivity index (χ3n) is 3.34. The predicted molar refractivity (Wildman–Crippen MR) is 96.9 cm³/mol. The highest BCUT2D eigenvalue weighted by Crippen LogP contribution is 2.38. The summed E-state index contributed by atoms with van der Waals surface area (Å²) in [6.07, 6.45) is 2.01. The van der Waals surface area contributed by atoms with Gasteiger partial charge < -0.3 is 9.47 Å². The lowest BCUT2D eigenvalue weighted by Crippen LogP contribution is -2.17. The molecule has 26 heavy (non-hydrogen) atoms. The Morgan fingerprint density at radius 1 is 1.31 bits per heavy atom. The number of benzene rings is 2. The van der Waals surface area contributed by atoms with Crippen LogP contribution in [0.5, 0.6) is 11.5 Å². The zero-order valence-electron chi connectivity index (χ0n) is 14.5. The molecule has 1 amide bonds. The highest BCUT2D eigenvalue weighted by molar-refractivity contribution is 5.95. The second-order valence-electron chi connectivity index (χ2n) is 5.24. The maximum atomic E-state index is 11.9. The van der Waals surface area contributed by atoms with Crippen LogP contribution >= 0.6 is 0 Å². The minimum Gasteiger partial charge on any atom is -0.493 e. The first-order valence-corrected chi connectivity index (χ1v) is 7.94. The van der Waals surface area contributed by atoms with Gasteiger partial charge >= 0.3 is 5.69 Å². The van der Waals surface area contributed by atoms with Crippen molar-refractivity contribution in [2.75, 3.05) is 13.7 Å². The molecule has 0 radical (unpaired) electrons. The molecule has 0 heterocycles. The summed E-state index contributed by atoms with van der Waals surface area (Å²) in [6, 6.07) is 11.4. The van der Waals surface area contributed by atoms with E-state index in [1.54, 1.807) is 36.4 Å².